The number of esters is 1. The number of Topliss-reactive ketones (excluding diaryl/α,β-unsaturated/α-hetero) is 1. The van der Waals surface area contributed by atoms with Crippen molar-refractivity contribution >= 4 is 40.5 Å². The van der Waals surface area contributed by atoms with E-state index in [9.17, 15) is 14.7 Å². The third-order valence-electron chi connectivity index (χ3n) is 3.71. The normalized spacial score (nSPS) is 14.9. The first kappa shape index (κ1) is 18.3. The highest BCUT2D eigenvalue weighted by Crippen LogP contribution is 2.26. The molecule has 27 heavy (non-hydrogen) atoms. The Morgan fingerprint density at radius 3 is 2.52 bits per heavy atom. The van der Waals surface area contributed by atoms with Crippen LogP contribution in [0.5, 0.6) is 5.75 Å². The molecule has 0 spiro atoms. The zero-order chi connectivity index (χ0) is 19.4. The molecule has 0 unspecified atom stereocenters. The minimum atomic E-state index is -0.723. The molecule has 7 nitrogen and oxygen atoms in total. The van der Waals surface area contributed by atoms with E-state index < -0.39 is 11.8 Å². The van der Waals surface area contributed by atoms with E-state index in [1.54, 1.807) is 30.3 Å². The smallest absolute Gasteiger partial charge is 0.332 e. The van der Waals surface area contributed by atoms with Gasteiger partial charge in [0.2, 0.25) is 5.78 Å². The lowest BCUT2D eigenvalue weighted by Gasteiger charge is -2.17. The number of benzene rings is 2. The first-order valence-electron chi connectivity index (χ1n) is 7.88. The van der Waals surface area contributed by atoms with Crippen molar-refractivity contribution in [3.8, 4) is 5.75 Å². The lowest BCUT2D eigenvalue weighted by atomic mass is 10.0. The minimum absolute atomic E-state index is 0.0273. The average Bonchev–Trinajstić information content (AvgIpc) is 2.99. The molecule has 0 bridgehead atoms. The Labute approximate surface area is 160 Å². The van der Waals surface area contributed by atoms with Gasteiger partial charge in [-0.15, -0.1) is 0 Å². The van der Waals surface area contributed by atoms with Gasteiger partial charge in [0.05, 0.1) is 13.2 Å². The average molecular weight is 381 g/mol. The van der Waals surface area contributed by atoms with Gasteiger partial charge >= 0.3 is 5.97 Å². The quantitative estimate of drug-likeness (QED) is 0.479. The number of para-hydroxylation sites is 2. The number of carbonyl (C=O) groups excluding carboxylic acids is 2. The van der Waals surface area contributed by atoms with Gasteiger partial charge in [-0.1, -0.05) is 30.3 Å². The molecule has 0 aliphatic carbocycles. The van der Waals surface area contributed by atoms with Gasteiger partial charge in [-0.25, -0.2) is 9.80 Å². The zero-order valence-electron chi connectivity index (χ0n) is 14.2. The van der Waals surface area contributed by atoms with Crippen molar-refractivity contribution in [1.29, 1.82) is 0 Å². The maximum atomic E-state index is 12.8. The van der Waals surface area contributed by atoms with Crippen molar-refractivity contribution < 1.29 is 19.4 Å². The predicted octanol–water partition coefficient (Wildman–Crippen LogP) is 2.43. The molecular formula is C19H15N3O4S. The number of nitrogens with one attached hydrogen (secondary N) is 1. The Kier molecular flexibility index (Phi) is 5.28. The monoisotopic (exact) mass is 381 g/mol. The SMILES string of the molecule is COC(=O)/C=C1\C(=O)C(c2ccccc2O)=NN1C(=S)Nc1ccccc1. The van der Waals surface area contributed by atoms with Crippen LogP contribution in [-0.2, 0) is 14.3 Å². The van der Waals surface area contributed by atoms with Gasteiger partial charge in [0.15, 0.2) is 5.11 Å². The van der Waals surface area contributed by atoms with Crippen LogP contribution in [0.4, 0.5) is 5.69 Å². The molecule has 3 rings (SSSR count). The fraction of sp³-hybridized carbons (Fsp3) is 0.0526. The number of ether oxygens (including phenoxy) is 1. The number of hydrogen-bond donors (Lipinski definition) is 2. The molecule has 0 saturated carbocycles. The summed E-state index contributed by atoms with van der Waals surface area (Å²) in [6, 6.07) is 15.4. The molecule has 2 N–H and O–H groups in total. The summed E-state index contributed by atoms with van der Waals surface area (Å²) in [7, 11) is 1.20. The number of aromatic hydroxyl groups is 1. The first-order chi connectivity index (χ1) is 13.0. The molecule has 0 fully saturated rings. The first-order valence-corrected chi connectivity index (χ1v) is 8.29. The second-order valence-corrected chi connectivity index (χ2v) is 5.84. The Bertz CT molecular complexity index is 970. The molecule has 1 heterocycles. The van der Waals surface area contributed by atoms with E-state index >= 15 is 0 Å². The van der Waals surface area contributed by atoms with E-state index in [0.717, 1.165) is 11.1 Å². The fourth-order valence-electron chi connectivity index (χ4n) is 2.42. The molecule has 2 aromatic carbocycles. The Balaban J connectivity index is 2.00. The summed E-state index contributed by atoms with van der Waals surface area (Å²) in [6.45, 7) is 0. The lowest BCUT2D eigenvalue weighted by molar-refractivity contribution is -0.135. The fourth-order valence-corrected chi connectivity index (χ4v) is 2.67. The number of allylic oxidation sites excluding steroid dienone is 1. The van der Waals surface area contributed by atoms with Crippen molar-refractivity contribution in [2.75, 3.05) is 12.4 Å². The van der Waals surface area contributed by atoms with Crippen LogP contribution in [-0.4, -0.2) is 39.8 Å². The van der Waals surface area contributed by atoms with Crippen molar-refractivity contribution in [3.63, 3.8) is 0 Å². The van der Waals surface area contributed by atoms with Crippen molar-refractivity contribution in [2.24, 2.45) is 5.10 Å². The summed E-state index contributed by atoms with van der Waals surface area (Å²) in [6.07, 6.45) is 1.01. The Morgan fingerprint density at radius 1 is 1.19 bits per heavy atom. The second-order valence-electron chi connectivity index (χ2n) is 5.46. The van der Waals surface area contributed by atoms with Crippen LogP contribution in [0, 0.1) is 0 Å². The topological polar surface area (TPSA) is 91.2 Å². The molecule has 0 atom stereocenters. The van der Waals surface area contributed by atoms with Crippen LogP contribution < -0.4 is 5.32 Å². The number of phenols is 1. The Morgan fingerprint density at radius 2 is 1.85 bits per heavy atom. The highest BCUT2D eigenvalue weighted by molar-refractivity contribution is 7.80. The van der Waals surface area contributed by atoms with Crippen LogP contribution in [0.3, 0.4) is 0 Å². The third kappa shape index (κ3) is 3.85. The van der Waals surface area contributed by atoms with Gasteiger partial charge in [-0.3, -0.25) is 4.79 Å². The molecule has 0 amide bonds. The third-order valence-corrected chi connectivity index (χ3v) is 3.98. The molecule has 0 radical (unpaired) electrons. The molecule has 2 aromatic rings. The number of methoxy groups -OCH3 is 1. The van der Waals surface area contributed by atoms with Gasteiger partial charge in [0, 0.05) is 11.3 Å². The van der Waals surface area contributed by atoms with Gasteiger partial charge in [0.25, 0.3) is 0 Å². The molecular weight excluding hydrogens is 366 g/mol. The van der Waals surface area contributed by atoms with E-state index in [1.807, 2.05) is 18.2 Å². The van der Waals surface area contributed by atoms with Crippen LogP contribution in [0.1, 0.15) is 5.56 Å². The van der Waals surface area contributed by atoms with Gasteiger partial charge in [0.1, 0.15) is 17.2 Å². The van der Waals surface area contributed by atoms with E-state index in [2.05, 4.69) is 15.2 Å². The number of nitrogens with zero attached hydrogens (tertiary/aromatic N) is 2. The summed E-state index contributed by atoms with van der Waals surface area (Å²) >= 11 is 5.35. The number of thiocarbonyl (C=S) groups is 1. The molecule has 8 heteroatoms. The molecule has 0 saturated heterocycles. The summed E-state index contributed by atoms with van der Waals surface area (Å²) in [5.74, 6) is -1.38. The number of phenolic OH excluding ortho intramolecular Hbond substituents is 1. The van der Waals surface area contributed by atoms with Crippen LogP contribution in [0.15, 0.2) is 71.5 Å². The predicted molar refractivity (Wildman–Crippen MR) is 104 cm³/mol. The van der Waals surface area contributed by atoms with Crippen LogP contribution in [0.25, 0.3) is 0 Å². The molecule has 0 aromatic heterocycles. The van der Waals surface area contributed by atoms with E-state index in [1.165, 1.54) is 13.2 Å². The van der Waals surface area contributed by atoms with Gasteiger partial charge in [-0.2, -0.15) is 5.10 Å². The minimum Gasteiger partial charge on any atom is -0.507 e. The summed E-state index contributed by atoms with van der Waals surface area (Å²) < 4.78 is 4.61. The highest BCUT2D eigenvalue weighted by atomic mass is 32.1. The van der Waals surface area contributed by atoms with E-state index in [-0.39, 0.29) is 27.8 Å². The maximum Gasteiger partial charge on any atom is 0.332 e. The van der Waals surface area contributed by atoms with E-state index in [0.29, 0.717) is 5.69 Å². The molecule has 1 aliphatic heterocycles. The van der Waals surface area contributed by atoms with Crippen LogP contribution >= 0.6 is 12.2 Å². The Hall–Kier alpha value is -3.52. The van der Waals surface area contributed by atoms with Gasteiger partial charge < -0.3 is 15.2 Å². The summed E-state index contributed by atoms with van der Waals surface area (Å²) in [4.78, 5) is 24.5. The maximum absolute atomic E-state index is 12.8. The number of anilines is 1. The standard InChI is InChI=1S/C19H15N3O4S/c1-26-16(24)11-14-18(25)17(13-9-5-6-10-15(13)23)21-22(14)19(27)20-12-7-3-2-4-8-12/h2-11,23H,1H3,(H,20,27)/b14-11+. The summed E-state index contributed by atoms with van der Waals surface area (Å²) in [5, 5.41) is 18.5. The van der Waals surface area contributed by atoms with Crippen molar-refractivity contribution in [1.82, 2.24) is 5.01 Å². The zero-order valence-corrected chi connectivity index (χ0v) is 15.1. The number of hydrazone groups is 1. The lowest BCUT2D eigenvalue weighted by Crippen LogP contribution is -2.29. The van der Waals surface area contributed by atoms with Crippen molar-refractivity contribution in [3.05, 3.63) is 71.9 Å². The number of hydrogen-bond acceptors (Lipinski definition) is 6. The largest absolute Gasteiger partial charge is 0.507 e. The number of carbonyl (C=O) groups is 2. The van der Waals surface area contributed by atoms with Crippen LogP contribution in [0.2, 0.25) is 0 Å². The highest BCUT2D eigenvalue weighted by Gasteiger charge is 2.35. The van der Waals surface area contributed by atoms with E-state index in [4.69, 9.17) is 12.2 Å². The second kappa shape index (κ2) is 7.79. The number of ketones is 1. The molecule has 136 valence electrons. The van der Waals surface area contributed by atoms with Gasteiger partial charge in [-0.05, 0) is 36.5 Å². The summed E-state index contributed by atoms with van der Waals surface area (Å²) in [5.41, 5.74) is 0.829. The number of rotatable bonds is 3. The molecule has 1 aliphatic rings. The van der Waals surface area contributed by atoms with Crippen molar-refractivity contribution in [2.45, 2.75) is 0 Å².